The number of hydrogen-bond acceptors (Lipinski definition) is 3. The Balaban J connectivity index is 1.80. The summed E-state index contributed by atoms with van der Waals surface area (Å²) < 4.78 is 5.41. The van der Waals surface area contributed by atoms with Gasteiger partial charge in [0.15, 0.2) is 0 Å². The summed E-state index contributed by atoms with van der Waals surface area (Å²) in [5.41, 5.74) is 5.63. The molecular weight excluding hydrogens is 228 g/mol. The number of piperidine rings is 1. The Morgan fingerprint density at radius 1 is 1.17 bits per heavy atom. The molecular formula is C14H24N2O2. The Bertz CT molecular complexity index is 310. The number of rotatable bonds is 2. The van der Waals surface area contributed by atoms with Crippen LogP contribution in [0.15, 0.2) is 0 Å². The molecule has 4 heteroatoms. The first-order valence-corrected chi connectivity index (χ1v) is 7.37. The Labute approximate surface area is 109 Å². The van der Waals surface area contributed by atoms with Crippen molar-refractivity contribution in [2.24, 2.45) is 11.1 Å². The molecule has 18 heavy (non-hydrogen) atoms. The lowest BCUT2D eigenvalue weighted by atomic mass is 9.78. The minimum Gasteiger partial charge on any atom is -0.381 e. The van der Waals surface area contributed by atoms with Crippen molar-refractivity contribution in [3.63, 3.8) is 0 Å². The van der Waals surface area contributed by atoms with Crippen LogP contribution in [0.5, 0.6) is 0 Å². The molecule has 3 aliphatic heterocycles. The number of ether oxygens (including phenoxy) is 1. The van der Waals surface area contributed by atoms with E-state index in [0.717, 1.165) is 12.8 Å². The molecule has 0 aliphatic carbocycles. The third-order valence-corrected chi connectivity index (χ3v) is 5.22. The van der Waals surface area contributed by atoms with Crippen LogP contribution in [0.1, 0.15) is 44.9 Å². The van der Waals surface area contributed by atoms with Crippen molar-refractivity contribution in [2.75, 3.05) is 19.8 Å². The minimum absolute atomic E-state index is 0.323. The van der Waals surface area contributed by atoms with Crippen LogP contribution in [0.4, 0.5) is 0 Å². The van der Waals surface area contributed by atoms with Crippen molar-refractivity contribution in [1.29, 1.82) is 0 Å². The first-order chi connectivity index (χ1) is 8.77. The average molecular weight is 252 g/mol. The molecule has 0 spiro atoms. The monoisotopic (exact) mass is 252 g/mol. The molecule has 2 unspecified atom stereocenters. The summed E-state index contributed by atoms with van der Waals surface area (Å²) >= 11 is 0. The predicted molar refractivity (Wildman–Crippen MR) is 69.0 cm³/mol. The summed E-state index contributed by atoms with van der Waals surface area (Å²) in [6.45, 7) is 1.85. The number of carbonyl (C=O) groups is 1. The molecule has 3 saturated heterocycles. The predicted octanol–water partition coefficient (Wildman–Crippen LogP) is 1.29. The van der Waals surface area contributed by atoms with E-state index in [-0.39, 0.29) is 5.41 Å². The largest absolute Gasteiger partial charge is 0.381 e. The van der Waals surface area contributed by atoms with Gasteiger partial charge in [-0.2, -0.15) is 0 Å². The normalized spacial score (nSPS) is 34.6. The van der Waals surface area contributed by atoms with E-state index in [2.05, 4.69) is 4.90 Å². The molecule has 3 fully saturated rings. The van der Waals surface area contributed by atoms with E-state index < -0.39 is 0 Å². The van der Waals surface area contributed by atoms with Crippen molar-refractivity contribution in [2.45, 2.75) is 57.0 Å². The summed E-state index contributed by atoms with van der Waals surface area (Å²) in [7, 11) is 0. The third kappa shape index (κ3) is 1.86. The van der Waals surface area contributed by atoms with Crippen LogP contribution < -0.4 is 5.73 Å². The van der Waals surface area contributed by atoms with Gasteiger partial charge in [-0.25, -0.2) is 0 Å². The molecule has 0 aromatic rings. The van der Waals surface area contributed by atoms with Crippen molar-refractivity contribution in [3.8, 4) is 0 Å². The minimum atomic E-state index is -0.323. The van der Waals surface area contributed by atoms with Crippen molar-refractivity contribution in [3.05, 3.63) is 0 Å². The second-order valence-corrected chi connectivity index (χ2v) is 6.13. The van der Waals surface area contributed by atoms with Gasteiger partial charge < -0.3 is 15.4 Å². The fourth-order valence-electron chi connectivity index (χ4n) is 3.99. The Morgan fingerprint density at radius 3 is 2.33 bits per heavy atom. The molecule has 4 nitrogen and oxygen atoms in total. The lowest BCUT2D eigenvalue weighted by molar-refractivity contribution is -0.151. The maximum Gasteiger partial charge on any atom is 0.230 e. The van der Waals surface area contributed by atoms with Crippen molar-refractivity contribution >= 4 is 5.91 Å². The first kappa shape index (κ1) is 12.4. The van der Waals surface area contributed by atoms with E-state index in [9.17, 15) is 4.79 Å². The van der Waals surface area contributed by atoms with Crippen LogP contribution in [-0.2, 0) is 9.53 Å². The van der Waals surface area contributed by atoms with Crippen LogP contribution in [0, 0.1) is 5.41 Å². The van der Waals surface area contributed by atoms with Gasteiger partial charge in [-0.15, -0.1) is 0 Å². The van der Waals surface area contributed by atoms with E-state index in [1.807, 2.05) is 0 Å². The molecule has 102 valence electrons. The highest BCUT2D eigenvalue weighted by Crippen LogP contribution is 2.41. The molecule has 0 aromatic heterocycles. The molecule has 3 rings (SSSR count). The molecule has 0 aromatic carbocycles. The van der Waals surface area contributed by atoms with E-state index in [1.54, 1.807) is 0 Å². The average Bonchev–Trinajstić information content (AvgIpc) is 2.67. The fraction of sp³-hybridized carbons (Fsp3) is 0.929. The van der Waals surface area contributed by atoms with Crippen LogP contribution >= 0.6 is 0 Å². The zero-order valence-electron chi connectivity index (χ0n) is 11.1. The first-order valence-electron chi connectivity index (χ1n) is 7.37. The van der Waals surface area contributed by atoms with Gasteiger partial charge >= 0.3 is 0 Å². The van der Waals surface area contributed by atoms with Crippen LogP contribution in [0.2, 0.25) is 0 Å². The lowest BCUT2D eigenvalue weighted by Crippen LogP contribution is -2.55. The number of nitrogens with zero attached hydrogens (tertiary/aromatic N) is 1. The number of amides is 1. The van der Waals surface area contributed by atoms with E-state index in [1.165, 1.54) is 32.1 Å². The highest BCUT2D eigenvalue weighted by molar-refractivity contribution is 5.84. The topological polar surface area (TPSA) is 55.6 Å². The van der Waals surface area contributed by atoms with Gasteiger partial charge in [0.05, 0.1) is 5.41 Å². The second kappa shape index (κ2) is 4.82. The molecule has 2 bridgehead atoms. The highest BCUT2D eigenvalue weighted by Gasteiger charge is 2.48. The highest BCUT2D eigenvalue weighted by atomic mass is 16.5. The molecule has 2 N–H and O–H groups in total. The third-order valence-electron chi connectivity index (χ3n) is 5.22. The smallest absolute Gasteiger partial charge is 0.230 e. The Kier molecular flexibility index (Phi) is 3.32. The SMILES string of the molecule is NCC1(C(=O)N2C3CCCC2CC3)CCOCC1. The lowest BCUT2D eigenvalue weighted by Gasteiger charge is -2.43. The Hall–Kier alpha value is -0.610. The van der Waals surface area contributed by atoms with Gasteiger partial charge in [-0.1, -0.05) is 0 Å². The van der Waals surface area contributed by atoms with Gasteiger partial charge in [0.25, 0.3) is 0 Å². The van der Waals surface area contributed by atoms with Gasteiger partial charge in [0.1, 0.15) is 0 Å². The molecule has 2 atom stereocenters. The van der Waals surface area contributed by atoms with Crippen molar-refractivity contribution in [1.82, 2.24) is 4.90 Å². The molecule has 3 aliphatic rings. The summed E-state index contributed by atoms with van der Waals surface area (Å²) in [6.07, 6.45) is 7.69. The summed E-state index contributed by atoms with van der Waals surface area (Å²) in [4.78, 5) is 15.2. The second-order valence-electron chi connectivity index (χ2n) is 6.13. The van der Waals surface area contributed by atoms with E-state index in [4.69, 9.17) is 10.5 Å². The standard InChI is InChI=1S/C14H24N2O2/c15-10-14(6-8-18-9-7-14)13(17)16-11-2-1-3-12(16)5-4-11/h11-12H,1-10,15H2. The molecule has 0 radical (unpaired) electrons. The van der Waals surface area contributed by atoms with Gasteiger partial charge in [0.2, 0.25) is 5.91 Å². The van der Waals surface area contributed by atoms with E-state index in [0.29, 0.717) is 37.7 Å². The van der Waals surface area contributed by atoms with Gasteiger partial charge in [-0.05, 0) is 44.9 Å². The van der Waals surface area contributed by atoms with Crippen LogP contribution in [-0.4, -0.2) is 42.6 Å². The van der Waals surface area contributed by atoms with Gasteiger partial charge in [-0.3, -0.25) is 4.79 Å². The number of hydrogen-bond donors (Lipinski definition) is 1. The van der Waals surface area contributed by atoms with Crippen molar-refractivity contribution < 1.29 is 9.53 Å². The maximum absolute atomic E-state index is 13.0. The Morgan fingerprint density at radius 2 is 1.78 bits per heavy atom. The number of fused-ring (bicyclic) bond motifs is 2. The quantitative estimate of drug-likeness (QED) is 0.805. The van der Waals surface area contributed by atoms with Crippen LogP contribution in [0.3, 0.4) is 0 Å². The zero-order valence-corrected chi connectivity index (χ0v) is 11.1. The summed E-state index contributed by atoms with van der Waals surface area (Å²) in [5.74, 6) is 0.334. The zero-order chi connectivity index (χ0) is 12.6. The molecule has 3 heterocycles. The molecule has 0 saturated carbocycles. The molecule has 1 amide bonds. The summed E-state index contributed by atoms with van der Waals surface area (Å²) in [5, 5.41) is 0. The maximum atomic E-state index is 13.0. The number of carbonyl (C=O) groups excluding carboxylic acids is 1. The van der Waals surface area contributed by atoms with E-state index >= 15 is 0 Å². The summed E-state index contributed by atoms with van der Waals surface area (Å²) in [6, 6.07) is 1.00. The van der Waals surface area contributed by atoms with Gasteiger partial charge in [0, 0.05) is 31.8 Å². The fourth-order valence-corrected chi connectivity index (χ4v) is 3.99. The number of nitrogens with two attached hydrogens (primary N) is 1. The van der Waals surface area contributed by atoms with Crippen LogP contribution in [0.25, 0.3) is 0 Å².